The van der Waals surface area contributed by atoms with Crippen LogP contribution in [0.2, 0.25) is 0 Å². The molecule has 0 saturated carbocycles. The molecule has 0 N–H and O–H groups in total. The Labute approximate surface area is 153 Å². The van der Waals surface area contributed by atoms with Gasteiger partial charge >= 0.3 is 0 Å². The number of nitrogens with zero attached hydrogens (tertiary/aromatic N) is 4. The van der Waals surface area contributed by atoms with Crippen LogP contribution in [0.25, 0.3) is 0 Å². The van der Waals surface area contributed by atoms with Crippen LogP contribution >= 0.6 is 0 Å². The number of amides is 1. The molecule has 1 aromatic heterocycles. The lowest BCUT2D eigenvalue weighted by molar-refractivity contribution is 0.0760. The van der Waals surface area contributed by atoms with Crippen molar-refractivity contribution in [3.05, 3.63) is 47.4 Å². The van der Waals surface area contributed by atoms with Crippen LogP contribution in [0, 0.1) is 11.7 Å². The van der Waals surface area contributed by atoms with Gasteiger partial charge in [0, 0.05) is 38.2 Å². The highest BCUT2D eigenvalue weighted by atomic mass is 19.1. The van der Waals surface area contributed by atoms with E-state index in [1.54, 1.807) is 17.0 Å². The van der Waals surface area contributed by atoms with E-state index in [-0.39, 0.29) is 11.7 Å². The molecule has 1 saturated heterocycles. The zero-order chi connectivity index (χ0) is 18.5. The van der Waals surface area contributed by atoms with Gasteiger partial charge < -0.3 is 9.42 Å². The van der Waals surface area contributed by atoms with Crippen molar-refractivity contribution in [2.24, 2.45) is 5.92 Å². The molecule has 140 valence electrons. The van der Waals surface area contributed by atoms with Gasteiger partial charge in [0.15, 0.2) is 5.82 Å². The first-order chi connectivity index (χ1) is 12.5. The van der Waals surface area contributed by atoms with Crippen molar-refractivity contribution in [2.75, 3.05) is 26.2 Å². The smallest absolute Gasteiger partial charge is 0.254 e. The Kier molecular flexibility index (Phi) is 5.98. The van der Waals surface area contributed by atoms with Crippen LogP contribution < -0.4 is 0 Å². The fourth-order valence-corrected chi connectivity index (χ4v) is 3.13. The monoisotopic (exact) mass is 360 g/mol. The van der Waals surface area contributed by atoms with Gasteiger partial charge in [0.2, 0.25) is 5.89 Å². The fraction of sp³-hybridized carbons (Fsp3) is 0.526. The molecule has 6 nitrogen and oxygen atoms in total. The Morgan fingerprint density at radius 2 is 2.12 bits per heavy atom. The standard InChI is InChI=1S/C19H25FN4O2/c1-14(2)11-17-21-18(26-22-17)13-23-7-4-8-24(10-9-23)19(25)15-5-3-6-16(20)12-15/h3,5-6,12,14H,4,7-11,13H2,1-2H3. The van der Waals surface area contributed by atoms with Crippen molar-refractivity contribution < 1.29 is 13.7 Å². The number of rotatable bonds is 5. The molecule has 0 spiro atoms. The van der Waals surface area contributed by atoms with Crippen molar-refractivity contribution >= 4 is 5.91 Å². The van der Waals surface area contributed by atoms with Crippen molar-refractivity contribution in [2.45, 2.75) is 33.2 Å². The lowest BCUT2D eigenvalue weighted by Crippen LogP contribution is -2.35. The van der Waals surface area contributed by atoms with E-state index in [0.717, 1.165) is 31.8 Å². The Morgan fingerprint density at radius 1 is 1.27 bits per heavy atom. The van der Waals surface area contributed by atoms with Crippen LogP contribution in [0.4, 0.5) is 4.39 Å². The topological polar surface area (TPSA) is 62.5 Å². The maximum atomic E-state index is 13.4. The summed E-state index contributed by atoms with van der Waals surface area (Å²) in [5.74, 6) is 1.34. The van der Waals surface area contributed by atoms with Crippen LogP contribution in [0.15, 0.2) is 28.8 Å². The summed E-state index contributed by atoms with van der Waals surface area (Å²) in [6.45, 7) is 7.67. The van der Waals surface area contributed by atoms with Gasteiger partial charge in [-0.25, -0.2) is 4.39 Å². The quantitative estimate of drug-likeness (QED) is 0.820. The molecule has 1 fully saturated rings. The zero-order valence-electron chi connectivity index (χ0n) is 15.3. The molecule has 26 heavy (non-hydrogen) atoms. The van der Waals surface area contributed by atoms with Crippen LogP contribution in [0.1, 0.15) is 42.3 Å². The van der Waals surface area contributed by atoms with E-state index in [2.05, 4.69) is 28.9 Å². The number of hydrogen-bond donors (Lipinski definition) is 0. The van der Waals surface area contributed by atoms with E-state index in [0.29, 0.717) is 37.0 Å². The molecule has 0 atom stereocenters. The fourth-order valence-electron chi connectivity index (χ4n) is 3.13. The van der Waals surface area contributed by atoms with E-state index in [4.69, 9.17) is 4.52 Å². The van der Waals surface area contributed by atoms with Gasteiger partial charge in [-0.3, -0.25) is 9.69 Å². The summed E-state index contributed by atoms with van der Waals surface area (Å²) < 4.78 is 18.7. The molecule has 1 aliphatic rings. The van der Waals surface area contributed by atoms with Crippen LogP contribution in [-0.4, -0.2) is 52.0 Å². The van der Waals surface area contributed by atoms with Gasteiger partial charge in [-0.1, -0.05) is 25.1 Å². The maximum Gasteiger partial charge on any atom is 0.254 e. The predicted octanol–water partition coefficient (Wildman–Crippen LogP) is 2.76. The summed E-state index contributed by atoms with van der Waals surface area (Å²) in [5, 5.41) is 4.02. The molecule has 7 heteroatoms. The summed E-state index contributed by atoms with van der Waals surface area (Å²) in [4.78, 5) is 21.0. The molecule has 3 rings (SSSR count). The van der Waals surface area contributed by atoms with Crippen LogP contribution in [0.3, 0.4) is 0 Å². The van der Waals surface area contributed by atoms with Crippen LogP contribution in [-0.2, 0) is 13.0 Å². The first-order valence-corrected chi connectivity index (χ1v) is 9.10. The highest BCUT2D eigenvalue weighted by Crippen LogP contribution is 2.13. The highest BCUT2D eigenvalue weighted by molar-refractivity contribution is 5.94. The number of carbonyl (C=O) groups excluding carboxylic acids is 1. The zero-order valence-corrected chi connectivity index (χ0v) is 15.3. The Bertz CT molecular complexity index is 747. The largest absolute Gasteiger partial charge is 0.338 e. The second kappa shape index (κ2) is 8.40. The lowest BCUT2D eigenvalue weighted by atomic mass is 10.1. The minimum absolute atomic E-state index is 0.122. The Hall–Kier alpha value is -2.28. The van der Waals surface area contributed by atoms with E-state index >= 15 is 0 Å². The van der Waals surface area contributed by atoms with Gasteiger partial charge in [-0.2, -0.15) is 4.98 Å². The summed E-state index contributed by atoms with van der Waals surface area (Å²) in [5.41, 5.74) is 0.397. The van der Waals surface area contributed by atoms with E-state index < -0.39 is 0 Å². The summed E-state index contributed by atoms with van der Waals surface area (Å²) in [6, 6.07) is 5.86. The van der Waals surface area contributed by atoms with E-state index in [1.165, 1.54) is 12.1 Å². The number of benzene rings is 1. The summed E-state index contributed by atoms with van der Waals surface area (Å²) in [7, 11) is 0. The average Bonchev–Trinajstić information content (AvgIpc) is 2.89. The third-order valence-electron chi connectivity index (χ3n) is 4.41. The minimum atomic E-state index is -0.388. The number of aromatic nitrogens is 2. The van der Waals surface area contributed by atoms with Crippen molar-refractivity contribution in [3.8, 4) is 0 Å². The number of carbonyl (C=O) groups is 1. The van der Waals surface area contributed by atoms with Crippen molar-refractivity contribution in [1.29, 1.82) is 0 Å². The van der Waals surface area contributed by atoms with Gasteiger partial charge in [-0.15, -0.1) is 0 Å². The summed E-state index contributed by atoms with van der Waals surface area (Å²) >= 11 is 0. The summed E-state index contributed by atoms with van der Waals surface area (Å²) in [6.07, 6.45) is 1.66. The van der Waals surface area contributed by atoms with Gasteiger partial charge in [-0.05, 0) is 30.5 Å². The van der Waals surface area contributed by atoms with Crippen molar-refractivity contribution in [3.63, 3.8) is 0 Å². The molecule has 0 aliphatic carbocycles. The van der Waals surface area contributed by atoms with Crippen LogP contribution in [0.5, 0.6) is 0 Å². The molecule has 0 radical (unpaired) electrons. The predicted molar refractivity (Wildman–Crippen MR) is 95.0 cm³/mol. The Morgan fingerprint density at radius 3 is 2.88 bits per heavy atom. The van der Waals surface area contributed by atoms with Gasteiger partial charge in [0.1, 0.15) is 5.82 Å². The minimum Gasteiger partial charge on any atom is -0.338 e. The van der Waals surface area contributed by atoms with Gasteiger partial charge in [0.05, 0.1) is 6.54 Å². The molecule has 1 aliphatic heterocycles. The molecule has 0 bridgehead atoms. The lowest BCUT2D eigenvalue weighted by Gasteiger charge is -2.21. The third-order valence-corrected chi connectivity index (χ3v) is 4.41. The third kappa shape index (κ3) is 4.88. The second-order valence-electron chi connectivity index (χ2n) is 7.13. The van der Waals surface area contributed by atoms with Crippen molar-refractivity contribution in [1.82, 2.24) is 19.9 Å². The first-order valence-electron chi connectivity index (χ1n) is 9.10. The SMILES string of the molecule is CC(C)Cc1noc(CN2CCCN(C(=O)c3cccc(F)c3)CC2)n1. The van der Waals surface area contributed by atoms with Gasteiger partial charge in [0.25, 0.3) is 5.91 Å². The molecular weight excluding hydrogens is 335 g/mol. The average molecular weight is 360 g/mol. The Balaban J connectivity index is 1.56. The molecule has 0 unspecified atom stereocenters. The molecule has 1 aromatic carbocycles. The normalized spacial score (nSPS) is 16.1. The molecular formula is C19H25FN4O2. The molecule has 2 heterocycles. The maximum absolute atomic E-state index is 13.4. The first kappa shape index (κ1) is 18.5. The van der Waals surface area contributed by atoms with E-state index in [1.807, 2.05) is 0 Å². The highest BCUT2D eigenvalue weighted by Gasteiger charge is 2.22. The molecule has 2 aromatic rings. The number of halogens is 1. The molecule has 1 amide bonds. The number of hydrogen-bond acceptors (Lipinski definition) is 5. The second-order valence-corrected chi connectivity index (χ2v) is 7.13. The van der Waals surface area contributed by atoms with E-state index in [9.17, 15) is 9.18 Å².